The Balaban J connectivity index is -0.0000000301. The molecule has 0 saturated heterocycles. The molecule has 0 bridgehead atoms. The van der Waals surface area contributed by atoms with E-state index < -0.39 is 0 Å². The van der Waals surface area contributed by atoms with Gasteiger partial charge in [0.15, 0.2) is 0 Å². The van der Waals surface area contributed by atoms with E-state index in [0.717, 1.165) is 0 Å². The zero-order valence-corrected chi connectivity index (χ0v) is 7.75. The van der Waals surface area contributed by atoms with Crippen LogP contribution < -0.4 is 0 Å². The number of rotatable bonds is 0. The van der Waals surface area contributed by atoms with Crippen LogP contribution in [0.5, 0.6) is 0 Å². The third-order valence-electron chi connectivity index (χ3n) is 0. The van der Waals surface area contributed by atoms with Crippen LogP contribution in [0.3, 0.4) is 0 Å². The van der Waals surface area contributed by atoms with E-state index in [0.29, 0.717) is 0 Å². The standard InChI is InChI=1S/ClH.3N3.Pt/c;3*1-3-2;/h1H;;;;/q;3*-1;+1/p-1. The second-order valence-electron chi connectivity index (χ2n) is 0.268. The summed E-state index contributed by atoms with van der Waals surface area (Å²) in [5.41, 5.74) is 40.5. The van der Waals surface area contributed by atoms with Gasteiger partial charge in [-0.15, -0.1) is 0 Å². The molecule has 0 aromatic heterocycles. The Morgan fingerprint density at radius 2 is 0.636 bits per heavy atom. The van der Waals surface area contributed by atoms with Crippen molar-refractivity contribution in [1.29, 1.82) is 0 Å². The maximum atomic E-state index is 6.75. The fourth-order valence-electron chi connectivity index (χ4n) is 0. The Bertz CT molecular complexity index is 101. The number of hydrogen-bond donors (Lipinski definition) is 0. The van der Waals surface area contributed by atoms with Crippen molar-refractivity contribution in [2.75, 3.05) is 0 Å². The van der Waals surface area contributed by atoms with Gasteiger partial charge in [-0.2, -0.15) is 0 Å². The van der Waals surface area contributed by atoms with Crippen LogP contribution in [0.15, 0.2) is 0 Å². The summed E-state index contributed by atoms with van der Waals surface area (Å²) < 4.78 is 0. The van der Waals surface area contributed by atoms with E-state index in [1.54, 1.807) is 18.8 Å². The molecular formula is ClN9Pt-3. The number of halogens is 1. The molecule has 11 heteroatoms. The molecule has 11 heavy (non-hydrogen) atoms. The van der Waals surface area contributed by atoms with Gasteiger partial charge in [0.05, 0.1) is 0 Å². The van der Waals surface area contributed by atoms with Gasteiger partial charge in [0.2, 0.25) is 0 Å². The van der Waals surface area contributed by atoms with Gasteiger partial charge in [-0.05, 0) is 0 Å². The van der Waals surface area contributed by atoms with Crippen molar-refractivity contribution in [3.8, 4) is 0 Å². The molecule has 0 heterocycles. The van der Waals surface area contributed by atoms with Gasteiger partial charge >= 0.3 is 28.2 Å². The smallest absolute Gasteiger partial charge is 0.255 e. The minimum atomic E-state index is 1.50. The third kappa shape index (κ3) is 357. The molecule has 0 unspecified atom stereocenters. The molecule has 0 atom stereocenters. The van der Waals surface area contributed by atoms with Crippen LogP contribution >= 0.6 is 9.42 Å². The van der Waals surface area contributed by atoms with Crippen molar-refractivity contribution in [1.82, 2.24) is 0 Å². The van der Waals surface area contributed by atoms with Crippen LogP contribution in [0.2, 0.25) is 0 Å². The van der Waals surface area contributed by atoms with Gasteiger partial charge in [-0.1, -0.05) is 0 Å². The fourth-order valence-corrected chi connectivity index (χ4v) is 0. The molecule has 65 valence electrons. The molecule has 0 radical (unpaired) electrons. The van der Waals surface area contributed by atoms with Crippen molar-refractivity contribution in [2.45, 2.75) is 0 Å². The van der Waals surface area contributed by atoms with Gasteiger partial charge < -0.3 is 33.2 Å². The molecular weight excluding hydrogens is 357 g/mol. The van der Waals surface area contributed by atoms with Crippen molar-refractivity contribution in [3.63, 3.8) is 0 Å². The average Bonchev–Trinajstić information content (AvgIpc) is 1.96. The Morgan fingerprint density at radius 1 is 0.636 bits per heavy atom. The molecule has 0 saturated carbocycles. The molecule has 0 aliphatic rings. The predicted octanol–water partition coefficient (Wildman–Crippen LogP) is 3.29. The van der Waals surface area contributed by atoms with Crippen molar-refractivity contribution >= 4 is 9.42 Å². The summed E-state index contributed by atoms with van der Waals surface area (Å²) >= 11 is 1.61. The van der Waals surface area contributed by atoms with Crippen molar-refractivity contribution in [2.24, 2.45) is 0 Å². The molecule has 0 amide bonds. The molecule has 0 aliphatic heterocycles. The average molecular weight is 357 g/mol. The molecule has 0 aliphatic carbocycles. The second kappa shape index (κ2) is 153. The van der Waals surface area contributed by atoms with E-state index in [-0.39, 0.29) is 0 Å². The van der Waals surface area contributed by atoms with Gasteiger partial charge in [0, 0.05) is 0 Å². The monoisotopic (exact) mass is 356 g/mol. The molecule has 0 rings (SSSR count). The topological polar surface area (TPSA) is 176 Å². The minimum absolute atomic E-state index is 1.50. The summed E-state index contributed by atoms with van der Waals surface area (Å²) in [6.07, 6.45) is 0. The largest absolute Gasteiger partial charge is 0.373 e. The van der Waals surface area contributed by atoms with E-state index in [1.807, 2.05) is 0 Å². The van der Waals surface area contributed by atoms with Crippen LogP contribution in [0.1, 0.15) is 0 Å². The van der Waals surface area contributed by atoms with Crippen LogP contribution in [0.25, 0.3) is 47.9 Å². The van der Waals surface area contributed by atoms with E-state index in [1.165, 1.54) is 14.7 Å². The van der Waals surface area contributed by atoms with Crippen LogP contribution in [-0.2, 0) is 18.8 Å². The van der Waals surface area contributed by atoms with Gasteiger partial charge in [-0.25, -0.2) is 0 Å². The summed E-state index contributed by atoms with van der Waals surface area (Å²) in [5, 5.41) is 0. The molecule has 0 spiro atoms. The Hall–Kier alpha value is -1.09. The van der Waals surface area contributed by atoms with Crippen molar-refractivity contribution < 1.29 is 18.8 Å². The van der Waals surface area contributed by atoms with Crippen LogP contribution in [0, 0.1) is 0 Å². The maximum Gasteiger partial charge on any atom is -0.255 e. The summed E-state index contributed by atoms with van der Waals surface area (Å²) in [6.45, 7) is 0. The van der Waals surface area contributed by atoms with E-state index >= 15 is 0 Å². The molecule has 0 N–H and O–H groups in total. The van der Waals surface area contributed by atoms with Crippen LogP contribution in [-0.4, -0.2) is 0 Å². The van der Waals surface area contributed by atoms with E-state index in [4.69, 9.17) is 33.2 Å². The molecule has 0 aromatic rings. The first kappa shape index (κ1) is 22.5. The Labute approximate surface area is 76.4 Å². The summed E-state index contributed by atoms with van der Waals surface area (Å²) in [5.74, 6) is 0. The van der Waals surface area contributed by atoms with Crippen molar-refractivity contribution in [3.05, 3.63) is 47.9 Å². The SMILES string of the molecule is [Cl][Pt].[N-]=[N+]=[N-].[N-]=[N+]=[N-].[N-]=[N+]=[N-]. The summed E-state index contributed by atoms with van der Waals surface area (Å²) in [4.78, 5) is 4.50. The Morgan fingerprint density at radius 3 is 0.636 bits per heavy atom. The first-order valence-electron chi connectivity index (χ1n) is 1.32. The predicted molar refractivity (Wildman–Crippen MR) is 36.1 cm³/mol. The normalized spacial score (nSPS) is 2.82. The molecule has 0 fully saturated rings. The number of nitrogens with zero attached hydrogens (tertiary/aromatic N) is 9. The van der Waals surface area contributed by atoms with Gasteiger partial charge in [0.25, 0.3) is 0 Å². The first-order chi connectivity index (χ1) is 5.24. The second-order valence-corrected chi connectivity index (χ2v) is 0.268. The summed E-state index contributed by atoms with van der Waals surface area (Å²) in [7, 11) is 4.61. The zero-order chi connectivity index (χ0) is 10.1. The van der Waals surface area contributed by atoms with Crippen LogP contribution in [0.4, 0.5) is 0 Å². The third-order valence-corrected chi connectivity index (χ3v) is 0. The number of hydrogen-bond acceptors (Lipinski definition) is 0. The minimum Gasteiger partial charge on any atom is -0.373 e. The quantitative estimate of drug-likeness (QED) is 0.351. The van der Waals surface area contributed by atoms with E-state index in [2.05, 4.69) is 9.42 Å². The molecule has 9 nitrogen and oxygen atoms in total. The van der Waals surface area contributed by atoms with Gasteiger partial charge in [0.1, 0.15) is 0 Å². The fraction of sp³-hybridized carbons (Fsp3) is 0. The van der Waals surface area contributed by atoms with Gasteiger partial charge in [-0.3, -0.25) is 14.7 Å². The molecule has 0 aromatic carbocycles. The maximum absolute atomic E-state index is 6.75. The van der Waals surface area contributed by atoms with E-state index in [9.17, 15) is 0 Å². The first-order valence-corrected chi connectivity index (χ1v) is 4.14. The Kier molecular flexibility index (Phi) is 313. The zero-order valence-electron chi connectivity index (χ0n) is 4.72. The summed E-state index contributed by atoms with van der Waals surface area (Å²) in [6, 6.07) is 0.